The quantitative estimate of drug-likeness (QED) is 0.617. The first-order valence-electron chi connectivity index (χ1n) is 9.13. The molecule has 4 rings (SSSR count). The number of ketones is 1. The van der Waals surface area contributed by atoms with Gasteiger partial charge in [0.2, 0.25) is 5.91 Å². The Morgan fingerprint density at radius 3 is 2.62 bits per heavy atom. The molecular weight excluding hydrogens is 374 g/mol. The number of carbonyl (C=O) groups excluding carboxylic acids is 3. The molecule has 0 aliphatic carbocycles. The van der Waals surface area contributed by atoms with Gasteiger partial charge in [0, 0.05) is 18.5 Å². The highest BCUT2D eigenvalue weighted by atomic mass is 16.5. The van der Waals surface area contributed by atoms with Crippen molar-refractivity contribution in [1.29, 1.82) is 0 Å². The molecule has 0 unspecified atom stereocenters. The molecule has 3 aromatic rings. The number of nitrogens with zero attached hydrogens (tertiary/aromatic N) is 3. The monoisotopic (exact) mass is 393 g/mol. The Balaban J connectivity index is 1.64. The number of methoxy groups -OCH3 is 1. The summed E-state index contributed by atoms with van der Waals surface area (Å²) in [4.78, 5) is 39.8. The van der Waals surface area contributed by atoms with Gasteiger partial charge in [-0.3, -0.25) is 19.4 Å². The van der Waals surface area contributed by atoms with Crippen molar-refractivity contribution in [3.63, 3.8) is 0 Å². The van der Waals surface area contributed by atoms with E-state index in [-0.39, 0.29) is 31.2 Å². The van der Waals surface area contributed by atoms with E-state index in [1.54, 1.807) is 37.4 Å². The molecule has 0 N–H and O–H groups in total. The second-order valence-electron chi connectivity index (χ2n) is 6.79. The minimum Gasteiger partial charge on any atom is -0.497 e. The molecule has 1 aliphatic rings. The summed E-state index contributed by atoms with van der Waals surface area (Å²) < 4.78 is 10.5. The zero-order valence-corrected chi connectivity index (χ0v) is 16.0. The Labute approximate surface area is 166 Å². The third-order valence-corrected chi connectivity index (χ3v) is 4.93. The highest BCUT2D eigenvalue weighted by Gasteiger charge is 2.35. The summed E-state index contributed by atoms with van der Waals surface area (Å²) in [6, 6.07) is 11.7. The highest BCUT2D eigenvalue weighted by molar-refractivity contribution is 6.09. The number of benzene rings is 2. The number of ether oxygens (including phenoxy) is 1. The van der Waals surface area contributed by atoms with Crippen LogP contribution in [0, 0.1) is 0 Å². The molecule has 0 spiro atoms. The predicted molar refractivity (Wildman–Crippen MR) is 105 cm³/mol. The number of rotatable bonds is 5. The van der Waals surface area contributed by atoms with Crippen molar-refractivity contribution in [3.8, 4) is 5.75 Å². The first-order chi connectivity index (χ1) is 14.0. The second kappa shape index (κ2) is 7.38. The zero-order chi connectivity index (χ0) is 20.5. The molecule has 2 heterocycles. The number of imide groups is 1. The summed E-state index contributed by atoms with van der Waals surface area (Å²) in [6.45, 7) is 1.81. The summed E-state index contributed by atoms with van der Waals surface area (Å²) in [5, 5.41) is 4.58. The third kappa shape index (κ3) is 3.44. The molecule has 2 aromatic carbocycles. The van der Waals surface area contributed by atoms with Gasteiger partial charge in [-0.05, 0) is 42.8 Å². The molecule has 0 bridgehead atoms. The topological polar surface area (TPSA) is 92.9 Å². The molecule has 3 amide bonds. The molecule has 8 nitrogen and oxygen atoms in total. The van der Waals surface area contributed by atoms with Crippen molar-refractivity contribution in [1.82, 2.24) is 10.1 Å². The average Bonchev–Trinajstić information content (AvgIpc) is 3.14. The lowest BCUT2D eigenvalue weighted by molar-refractivity contribution is -0.129. The minimum atomic E-state index is -0.472. The molecule has 1 aliphatic heterocycles. The number of Topliss-reactive ketones (excluding diaryl/α,β-unsaturated/α-hetero) is 1. The average molecular weight is 393 g/mol. The number of amides is 3. The fourth-order valence-corrected chi connectivity index (χ4v) is 3.30. The van der Waals surface area contributed by atoms with E-state index in [2.05, 4.69) is 5.16 Å². The third-order valence-electron chi connectivity index (χ3n) is 4.93. The van der Waals surface area contributed by atoms with Gasteiger partial charge in [-0.25, -0.2) is 4.79 Å². The Kier molecular flexibility index (Phi) is 4.75. The molecular formula is C21H19N3O5. The lowest BCUT2D eigenvalue weighted by Gasteiger charge is -2.32. The summed E-state index contributed by atoms with van der Waals surface area (Å²) in [7, 11) is 1.57. The predicted octanol–water partition coefficient (Wildman–Crippen LogP) is 3.40. The molecule has 29 heavy (non-hydrogen) atoms. The molecule has 1 aromatic heterocycles. The van der Waals surface area contributed by atoms with Crippen molar-refractivity contribution in [2.45, 2.75) is 19.9 Å². The Morgan fingerprint density at radius 2 is 1.93 bits per heavy atom. The van der Waals surface area contributed by atoms with Crippen molar-refractivity contribution in [2.24, 2.45) is 0 Å². The summed E-state index contributed by atoms with van der Waals surface area (Å²) in [5.41, 5.74) is 1.77. The maximum atomic E-state index is 13.1. The van der Waals surface area contributed by atoms with Crippen LogP contribution in [0.5, 0.6) is 5.75 Å². The number of fused-ring (bicyclic) bond motifs is 1. The Bertz CT molecular complexity index is 1100. The fraction of sp³-hybridized carbons (Fsp3) is 0.238. The molecule has 1 fully saturated rings. The van der Waals surface area contributed by atoms with Crippen LogP contribution in [-0.4, -0.2) is 41.4 Å². The maximum absolute atomic E-state index is 13.1. The second-order valence-corrected chi connectivity index (χ2v) is 6.79. The van der Waals surface area contributed by atoms with Crippen LogP contribution in [0.15, 0.2) is 47.0 Å². The van der Waals surface area contributed by atoms with E-state index in [1.807, 2.05) is 12.1 Å². The maximum Gasteiger partial charge on any atom is 0.332 e. The van der Waals surface area contributed by atoms with Crippen LogP contribution < -0.4 is 9.64 Å². The van der Waals surface area contributed by atoms with E-state index in [1.165, 1.54) is 16.7 Å². The van der Waals surface area contributed by atoms with E-state index in [0.29, 0.717) is 28.1 Å². The largest absolute Gasteiger partial charge is 0.497 e. The lowest BCUT2D eigenvalue weighted by atomic mass is 10.1. The SMILES string of the molecule is COc1ccc(CN2C(=O)CCN(c3noc4ccc(C(C)=O)cc34)C2=O)cc1. The van der Waals surface area contributed by atoms with Gasteiger partial charge in [0.1, 0.15) is 5.75 Å². The highest BCUT2D eigenvalue weighted by Crippen LogP contribution is 2.30. The molecule has 0 saturated carbocycles. The summed E-state index contributed by atoms with van der Waals surface area (Å²) in [6.07, 6.45) is 0.169. The van der Waals surface area contributed by atoms with E-state index in [4.69, 9.17) is 9.26 Å². The smallest absolute Gasteiger partial charge is 0.332 e. The van der Waals surface area contributed by atoms with Crippen LogP contribution in [0.4, 0.5) is 10.6 Å². The zero-order valence-electron chi connectivity index (χ0n) is 16.0. The number of hydrogen-bond donors (Lipinski definition) is 0. The van der Waals surface area contributed by atoms with E-state index >= 15 is 0 Å². The molecule has 1 saturated heterocycles. The van der Waals surface area contributed by atoms with Crippen molar-refractivity contribution >= 4 is 34.5 Å². The lowest BCUT2D eigenvalue weighted by Crippen LogP contribution is -2.52. The van der Waals surface area contributed by atoms with Gasteiger partial charge in [0.25, 0.3) is 0 Å². The Morgan fingerprint density at radius 1 is 1.17 bits per heavy atom. The molecule has 8 heteroatoms. The summed E-state index contributed by atoms with van der Waals surface area (Å²) >= 11 is 0. The van der Waals surface area contributed by atoms with Gasteiger partial charge in [0.05, 0.1) is 19.0 Å². The van der Waals surface area contributed by atoms with Crippen LogP contribution in [0.2, 0.25) is 0 Å². The van der Waals surface area contributed by atoms with Crippen molar-refractivity contribution < 1.29 is 23.6 Å². The molecule has 0 atom stereocenters. The first-order valence-corrected chi connectivity index (χ1v) is 9.13. The van der Waals surface area contributed by atoms with Crippen molar-refractivity contribution in [2.75, 3.05) is 18.6 Å². The van der Waals surface area contributed by atoms with Crippen LogP contribution >= 0.6 is 0 Å². The van der Waals surface area contributed by atoms with E-state index in [0.717, 1.165) is 5.56 Å². The van der Waals surface area contributed by atoms with Gasteiger partial charge in [-0.15, -0.1) is 0 Å². The normalized spacial score (nSPS) is 14.6. The van der Waals surface area contributed by atoms with Crippen LogP contribution in [0.3, 0.4) is 0 Å². The first kappa shape index (κ1) is 18.7. The number of anilines is 1. The molecule has 0 radical (unpaired) electrons. The van der Waals surface area contributed by atoms with E-state index < -0.39 is 6.03 Å². The van der Waals surface area contributed by atoms with Gasteiger partial charge in [0.15, 0.2) is 17.2 Å². The van der Waals surface area contributed by atoms with Crippen LogP contribution in [0.25, 0.3) is 11.0 Å². The molecule has 148 valence electrons. The minimum absolute atomic E-state index is 0.0969. The Hall–Kier alpha value is -3.68. The van der Waals surface area contributed by atoms with Gasteiger partial charge in [-0.1, -0.05) is 17.3 Å². The standard InChI is InChI=1S/C21H19N3O5/c1-13(25)15-5-8-18-17(11-15)20(22-29-18)23-10-9-19(26)24(21(23)27)12-14-3-6-16(28-2)7-4-14/h3-8,11H,9-10,12H2,1-2H3. The van der Waals surface area contributed by atoms with E-state index in [9.17, 15) is 14.4 Å². The number of aromatic nitrogens is 1. The van der Waals surface area contributed by atoms with Crippen LogP contribution in [0.1, 0.15) is 29.3 Å². The van der Waals surface area contributed by atoms with Crippen LogP contribution in [-0.2, 0) is 11.3 Å². The number of carbonyl (C=O) groups is 3. The van der Waals surface area contributed by atoms with Gasteiger partial charge in [-0.2, -0.15) is 0 Å². The fourth-order valence-electron chi connectivity index (χ4n) is 3.30. The van der Waals surface area contributed by atoms with Gasteiger partial charge < -0.3 is 9.26 Å². The number of urea groups is 1. The number of hydrogen-bond acceptors (Lipinski definition) is 6. The van der Waals surface area contributed by atoms with Gasteiger partial charge >= 0.3 is 6.03 Å². The summed E-state index contributed by atoms with van der Waals surface area (Å²) in [5.74, 6) is 0.655. The van der Waals surface area contributed by atoms with Crippen molar-refractivity contribution in [3.05, 3.63) is 53.6 Å².